The minimum Gasteiger partial charge on any atom is -0.507 e. The average molecular weight is 429 g/mol. The van der Waals surface area contributed by atoms with Gasteiger partial charge < -0.3 is 20.1 Å². The number of halogens is 1. The van der Waals surface area contributed by atoms with Crippen molar-refractivity contribution in [3.63, 3.8) is 0 Å². The monoisotopic (exact) mass is 428 g/mol. The molecule has 2 N–H and O–H groups in total. The number of Topliss-reactive ketones (excluding diaryl/α,β-unsaturated/α-hetero) is 1. The summed E-state index contributed by atoms with van der Waals surface area (Å²) < 4.78 is 5.18. The lowest BCUT2D eigenvalue weighted by Crippen LogP contribution is -2.37. The molecule has 0 spiro atoms. The Morgan fingerprint density at radius 2 is 1.77 bits per heavy atom. The number of carbonyl (C=O) groups is 3. The van der Waals surface area contributed by atoms with Gasteiger partial charge in [0, 0.05) is 30.6 Å². The van der Waals surface area contributed by atoms with Crippen molar-refractivity contribution >= 4 is 35.0 Å². The third-order valence-corrected chi connectivity index (χ3v) is 5.07. The third kappa shape index (κ3) is 4.31. The zero-order valence-corrected chi connectivity index (χ0v) is 17.3. The maximum atomic E-state index is 12.9. The first-order valence-corrected chi connectivity index (χ1v) is 9.64. The molecule has 7 nitrogen and oxygen atoms in total. The number of hydrogen-bond acceptors (Lipinski definition) is 5. The van der Waals surface area contributed by atoms with E-state index in [1.54, 1.807) is 48.5 Å². The van der Waals surface area contributed by atoms with Gasteiger partial charge in [0.2, 0.25) is 5.91 Å². The number of amides is 2. The summed E-state index contributed by atoms with van der Waals surface area (Å²) >= 11 is 5.91. The van der Waals surface area contributed by atoms with Crippen LogP contribution in [0.1, 0.15) is 24.1 Å². The number of carbonyl (C=O) groups excluding carboxylic acids is 3. The molecular weight excluding hydrogens is 408 g/mol. The molecule has 0 bridgehead atoms. The molecular formula is C22H21ClN2O5. The molecule has 2 amide bonds. The van der Waals surface area contributed by atoms with Crippen molar-refractivity contribution in [3.05, 3.63) is 70.3 Å². The predicted octanol–water partition coefficient (Wildman–Crippen LogP) is 2.91. The number of ketones is 1. The average Bonchev–Trinajstić information content (AvgIpc) is 2.98. The van der Waals surface area contributed by atoms with Crippen molar-refractivity contribution in [2.75, 3.05) is 20.2 Å². The number of nitrogens with zero attached hydrogens (tertiary/aromatic N) is 1. The Morgan fingerprint density at radius 1 is 1.13 bits per heavy atom. The number of aliphatic hydroxyl groups excluding tert-OH is 1. The second-order valence-electron chi connectivity index (χ2n) is 6.76. The highest BCUT2D eigenvalue weighted by atomic mass is 35.5. The second-order valence-corrected chi connectivity index (χ2v) is 7.19. The fourth-order valence-electron chi connectivity index (χ4n) is 3.36. The van der Waals surface area contributed by atoms with Gasteiger partial charge in [0.25, 0.3) is 11.7 Å². The lowest BCUT2D eigenvalue weighted by molar-refractivity contribution is -0.139. The molecule has 1 aliphatic rings. The number of nitrogens with one attached hydrogen (secondary N) is 1. The number of ether oxygens (including phenoxy) is 1. The largest absolute Gasteiger partial charge is 0.507 e. The topological polar surface area (TPSA) is 95.9 Å². The van der Waals surface area contributed by atoms with Crippen molar-refractivity contribution in [2.45, 2.75) is 13.0 Å². The zero-order chi connectivity index (χ0) is 21.8. The highest BCUT2D eigenvalue weighted by molar-refractivity contribution is 6.46. The van der Waals surface area contributed by atoms with Crippen LogP contribution in [0.15, 0.2) is 54.1 Å². The Morgan fingerprint density at radius 3 is 2.33 bits per heavy atom. The van der Waals surface area contributed by atoms with Gasteiger partial charge in [-0.15, -0.1) is 0 Å². The van der Waals surface area contributed by atoms with E-state index in [1.165, 1.54) is 18.9 Å². The van der Waals surface area contributed by atoms with Crippen molar-refractivity contribution in [1.82, 2.24) is 10.2 Å². The Bertz CT molecular complexity index is 999. The maximum absolute atomic E-state index is 12.9. The van der Waals surface area contributed by atoms with Crippen LogP contribution in [0, 0.1) is 0 Å². The van der Waals surface area contributed by atoms with Gasteiger partial charge in [-0.2, -0.15) is 0 Å². The Hall–Kier alpha value is -3.32. The molecule has 8 heteroatoms. The molecule has 1 atom stereocenters. The fraction of sp³-hybridized carbons (Fsp3) is 0.227. The molecule has 0 unspecified atom stereocenters. The SMILES string of the molecule is COc1ccc([C@@H]2C(=C(O)c3ccc(Cl)cc3)C(=O)C(=O)N2CCNC(C)=O)cc1. The van der Waals surface area contributed by atoms with Gasteiger partial charge in [-0.1, -0.05) is 23.7 Å². The van der Waals surface area contributed by atoms with E-state index in [4.69, 9.17) is 16.3 Å². The first kappa shape index (κ1) is 21.4. The molecule has 1 aliphatic heterocycles. The highest BCUT2D eigenvalue weighted by Crippen LogP contribution is 2.39. The summed E-state index contributed by atoms with van der Waals surface area (Å²) in [7, 11) is 1.54. The summed E-state index contributed by atoms with van der Waals surface area (Å²) in [5.41, 5.74) is 0.987. The van der Waals surface area contributed by atoms with Crippen LogP contribution in [-0.2, 0) is 14.4 Å². The van der Waals surface area contributed by atoms with Crippen LogP contribution in [0.3, 0.4) is 0 Å². The molecule has 0 saturated carbocycles. The zero-order valence-electron chi connectivity index (χ0n) is 16.5. The van der Waals surface area contributed by atoms with E-state index >= 15 is 0 Å². The molecule has 2 aromatic carbocycles. The van der Waals surface area contributed by atoms with Crippen molar-refractivity contribution < 1.29 is 24.2 Å². The molecule has 0 radical (unpaired) electrons. The molecule has 1 saturated heterocycles. The predicted molar refractivity (Wildman–Crippen MR) is 112 cm³/mol. The van der Waals surface area contributed by atoms with Crippen LogP contribution in [0.25, 0.3) is 5.76 Å². The van der Waals surface area contributed by atoms with Crippen LogP contribution >= 0.6 is 11.6 Å². The molecule has 3 rings (SSSR count). The molecule has 30 heavy (non-hydrogen) atoms. The first-order chi connectivity index (χ1) is 14.3. The van der Waals surface area contributed by atoms with Crippen LogP contribution in [0.4, 0.5) is 0 Å². The summed E-state index contributed by atoms with van der Waals surface area (Å²) in [6.45, 7) is 1.66. The summed E-state index contributed by atoms with van der Waals surface area (Å²) in [4.78, 5) is 38.2. The molecule has 156 valence electrons. The van der Waals surface area contributed by atoms with E-state index < -0.39 is 17.7 Å². The van der Waals surface area contributed by atoms with E-state index in [2.05, 4.69) is 5.32 Å². The van der Waals surface area contributed by atoms with E-state index in [-0.39, 0.29) is 30.3 Å². The molecule has 0 aliphatic carbocycles. The number of hydrogen-bond donors (Lipinski definition) is 2. The second kappa shape index (κ2) is 9.00. The van der Waals surface area contributed by atoms with E-state index in [9.17, 15) is 19.5 Å². The summed E-state index contributed by atoms with van der Waals surface area (Å²) in [5, 5.41) is 14.0. The van der Waals surface area contributed by atoms with Gasteiger partial charge in [0.15, 0.2) is 0 Å². The van der Waals surface area contributed by atoms with Gasteiger partial charge in [-0.3, -0.25) is 14.4 Å². The van der Waals surface area contributed by atoms with Crippen LogP contribution in [0.2, 0.25) is 5.02 Å². The molecule has 2 aromatic rings. The number of methoxy groups -OCH3 is 1. The lowest BCUT2D eigenvalue weighted by atomic mass is 9.95. The number of benzene rings is 2. The number of likely N-dealkylation sites (tertiary alicyclic amines) is 1. The minimum atomic E-state index is -0.805. The molecule has 1 fully saturated rings. The summed E-state index contributed by atoms with van der Waals surface area (Å²) in [6.07, 6.45) is 0. The van der Waals surface area contributed by atoms with Crippen LogP contribution in [0.5, 0.6) is 5.75 Å². The lowest BCUT2D eigenvalue weighted by Gasteiger charge is -2.25. The van der Waals surface area contributed by atoms with Crippen molar-refractivity contribution in [1.29, 1.82) is 0 Å². The van der Waals surface area contributed by atoms with Gasteiger partial charge in [-0.05, 0) is 42.0 Å². The van der Waals surface area contributed by atoms with Gasteiger partial charge >= 0.3 is 0 Å². The van der Waals surface area contributed by atoms with Crippen molar-refractivity contribution in [3.8, 4) is 5.75 Å². The van der Waals surface area contributed by atoms with E-state index in [0.29, 0.717) is 21.9 Å². The van der Waals surface area contributed by atoms with E-state index in [1.807, 2.05) is 0 Å². The summed E-state index contributed by atoms with van der Waals surface area (Å²) in [5.74, 6) is -1.43. The smallest absolute Gasteiger partial charge is 0.295 e. The molecule has 1 heterocycles. The first-order valence-electron chi connectivity index (χ1n) is 9.26. The number of rotatable bonds is 6. The quantitative estimate of drug-likeness (QED) is 0.419. The minimum absolute atomic E-state index is 0.0182. The standard InChI is InChI=1S/C22H21ClN2O5/c1-13(26)24-11-12-25-19(14-5-9-17(30-2)10-6-14)18(21(28)22(25)29)20(27)15-3-7-16(23)8-4-15/h3-10,19,27H,11-12H2,1-2H3,(H,24,26)/t19-/m1/s1. The van der Waals surface area contributed by atoms with Gasteiger partial charge in [0.05, 0.1) is 18.7 Å². The normalized spacial score (nSPS) is 17.8. The Kier molecular flexibility index (Phi) is 6.42. The van der Waals surface area contributed by atoms with Crippen LogP contribution < -0.4 is 10.1 Å². The Balaban J connectivity index is 2.08. The number of aliphatic hydroxyl groups is 1. The van der Waals surface area contributed by atoms with Crippen LogP contribution in [-0.4, -0.2) is 47.8 Å². The highest BCUT2D eigenvalue weighted by Gasteiger charge is 2.45. The maximum Gasteiger partial charge on any atom is 0.295 e. The van der Waals surface area contributed by atoms with Gasteiger partial charge in [0.1, 0.15) is 11.5 Å². The van der Waals surface area contributed by atoms with Gasteiger partial charge in [-0.25, -0.2) is 0 Å². The Labute approximate surface area is 178 Å². The summed E-state index contributed by atoms with van der Waals surface area (Å²) in [6, 6.07) is 12.4. The molecule has 0 aromatic heterocycles. The van der Waals surface area contributed by atoms with E-state index in [0.717, 1.165) is 0 Å². The third-order valence-electron chi connectivity index (χ3n) is 4.82. The fourth-order valence-corrected chi connectivity index (χ4v) is 3.49. The van der Waals surface area contributed by atoms with Crippen molar-refractivity contribution in [2.24, 2.45) is 0 Å².